The van der Waals surface area contributed by atoms with Gasteiger partial charge in [0.05, 0.1) is 29.8 Å². The SMILES string of the molecule is CC(C)CNC(=O)CCNC(=O)COCC(COC(=O)C(C)C)(COC(=O)C(C)C)COC(=O)C(C)C. The lowest BCUT2D eigenvalue weighted by molar-refractivity contribution is -0.172. The molecular weight excluding hydrogens is 484 g/mol. The Balaban J connectivity index is 5.24. The lowest BCUT2D eigenvalue weighted by atomic mass is 9.92. The molecule has 11 nitrogen and oxygen atoms in total. The van der Waals surface area contributed by atoms with Crippen molar-refractivity contribution >= 4 is 29.7 Å². The Morgan fingerprint density at radius 3 is 1.43 bits per heavy atom. The average Bonchev–Trinajstić information content (AvgIpc) is 2.82. The maximum absolute atomic E-state index is 12.2. The topological polar surface area (TPSA) is 146 Å². The molecule has 0 spiro atoms. The van der Waals surface area contributed by atoms with Gasteiger partial charge in [-0.2, -0.15) is 0 Å². The highest BCUT2D eigenvalue weighted by Gasteiger charge is 2.37. The number of carbonyl (C=O) groups is 5. The third-order valence-electron chi connectivity index (χ3n) is 5.00. The molecule has 0 aromatic carbocycles. The minimum absolute atomic E-state index is 0.129. The van der Waals surface area contributed by atoms with Gasteiger partial charge in [-0.25, -0.2) is 0 Å². The van der Waals surface area contributed by atoms with Crippen molar-refractivity contribution in [2.45, 2.75) is 61.8 Å². The molecule has 0 aliphatic heterocycles. The molecule has 0 saturated carbocycles. The van der Waals surface area contributed by atoms with Crippen molar-refractivity contribution in [1.29, 1.82) is 0 Å². The summed E-state index contributed by atoms with van der Waals surface area (Å²) in [5.74, 6) is -2.96. The highest BCUT2D eigenvalue weighted by atomic mass is 16.6. The van der Waals surface area contributed by atoms with Gasteiger partial charge in [-0.15, -0.1) is 0 Å². The number of esters is 3. The molecule has 0 rings (SSSR count). The van der Waals surface area contributed by atoms with Crippen molar-refractivity contribution in [2.24, 2.45) is 29.1 Å². The van der Waals surface area contributed by atoms with Crippen LogP contribution in [-0.2, 0) is 42.9 Å². The maximum atomic E-state index is 12.2. The Labute approximate surface area is 220 Å². The first-order chi connectivity index (χ1) is 17.2. The molecular formula is C26H46N2O9. The van der Waals surface area contributed by atoms with E-state index >= 15 is 0 Å². The van der Waals surface area contributed by atoms with E-state index in [1.54, 1.807) is 41.5 Å². The summed E-state index contributed by atoms with van der Waals surface area (Å²) >= 11 is 0. The quantitative estimate of drug-likeness (QED) is 0.200. The van der Waals surface area contributed by atoms with Crippen molar-refractivity contribution < 1.29 is 42.9 Å². The lowest BCUT2D eigenvalue weighted by Gasteiger charge is -2.32. The van der Waals surface area contributed by atoms with Gasteiger partial charge in [0.25, 0.3) is 0 Å². The second kappa shape index (κ2) is 17.7. The van der Waals surface area contributed by atoms with Gasteiger partial charge in [-0.3, -0.25) is 24.0 Å². The largest absolute Gasteiger partial charge is 0.465 e. The lowest BCUT2D eigenvalue weighted by Crippen LogP contribution is -2.45. The summed E-state index contributed by atoms with van der Waals surface area (Å²) in [7, 11) is 0. The van der Waals surface area contributed by atoms with Gasteiger partial charge in [-0.1, -0.05) is 55.4 Å². The smallest absolute Gasteiger partial charge is 0.308 e. The summed E-state index contributed by atoms with van der Waals surface area (Å²) < 4.78 is 21.8. The molecule has 0 aliphatic rings. The third kappa shape index (κ3) is 15.9. The summed E-state index contributed by atoms with van der Waals surface area (Å²) in [6.45, 7) is 13.4. The van der Waals surface area contributed by atoms with Crippen molar-refractivity contribution in [3.05, 3.63) is 0 Å². The number of rotatable bonds is 18. The van der Waals surface area contributed by atoms with Crippen LogP contribution in [0.2, 0.25) is 0 Å². The van der Waals surface area contributed by atoms with E-state index in [-0.39, 0.29) is 51.9 Å². The minimum Gasteiger partial charge on any atom is -0.465 e. The van der Waals surface area contributed by atoms with E-state index in [1.165, 1.54) is 0 Å². The Morgan fingerprint density at radius 2 is 1.05 bits per heavy atom. The molecule has 0 radical (unpaired) electrons. The van der Waals surface area contributed by atoms with Crippen LogP contribution in [0.25, 0.3) is 0 Å². The van der Waals surface area contributed by atoms with Crippen LogP contribution in [0, 0.1) is 29.1 Å². The van der Waals surface area contributed by atoms with Crippen LogP contribution in [0.4, 0.5) is 0 Å². The molecule has 0 bridgehead atoms. The summed E-state index contributed by atoms with van der Waals surface area (Å²) in [5.41, 5.74) is -1.23. The first-order valence-corrected chi connectivity index (χ1v) is 12.8. The Kier molecular flexibility index (Phi) is 16.4. The zero-order valence-corrected chi connectivity index (χ0v) is 23.6. The fourth-order valence-electron chi connectivity index (χ4n) is 2.56. The summed E-state index contributed by atoms with van der Waals surface area (Å²) in [6.07, 6.45) is 0.129. The number of hydrogen-bond donors (Lipinski definition) is 2. The monoisotopic (exact) mass is 530 g/mol. The highest BCUT2D eigenvalue weighted by molar-refractivity contribution is 5.79. The molecule has 0 aliphatic carbocycles. The molecule has 0 unspecified atom stereocenters. The zero-order chi connectivity index (χ0) is 28.6. The van der Waals surface area contributed by atoms with Gasteiger partial charge in [-0.05, 0) is 5.92 Å². The van der Waals surface area contributed by atoms with Gasteiger partial charge < -0.3 is 29.6 Å². The molecule has 0 heterocycles. The number of amides is 2. The Morgan fingerprint density at radius 1 is 0.622 bits per heavy atom. The normalized spacial score (nSPS) is 11.6. The second-order valence-electron chi connectivity index (χ2n) is 10.6. The Hall–Kier alpha value is -2.69. The molecule has 37 heavy (non-hydrogen) atoms. The fraction of sp³-hybridized carbons (Fsp3) is 0.808. The number of ether oxygens (including phenoxy) is 4. The van der Waals surface area contributed by atoms with E-state index < -0.39 is 47.0 Å². The van der Waals surface area contributed by atoms with Crippen molar-refractivity contribution in [1.82, 2.24) is 10.6 Å². The fourth-order valence-corrected chi connectivity index (χ4v) is 2.56. The summed E-state index contributed by atoms with van der Waals surface area (Å²) in [4.78, 5) is 60.4. The molecule has 2 N–H and O–H groups in total. The average molecular weight is 531 g/mol. The van der Waals surface area contributed by atoms with Gasteiger partial charge >= 0.3 is 17.9 Å². The van der Waals surface area contributed by atoms with Crippen molar-refractivity contribution in [3.63, 3.8) is 0 Å². The highest BCUT2D eigenvalue weighted by Crippen LogP contribution is 2.23. The van der Waals surface area contributed by atoms with Crippen LogP contribution in [0.1, 0.15) is 61.8 Å². The predicted octanol–water partition coefficient (Wildman–Crippen LogP) is 1.87. The predicted molar refractivity (Wildman–Crippen MR) is 136 cm³/mol. The van der Waals surface area contributed by atoms with E-state index in [1.807, 2.05) is 13.8 Å². The summed E-state index contributed by atoms with van der Waals surface area (Å²) in [5, 5.41) is 5.37. The van der Waals surface area contributed by atoms with E-state index in [2.05, 4.69) is 10.6 Å². The zero-order valence-electron chi connectivity index (χ0n) is 23.6. The van der Waals surface area contributed by atoms with Crippen LogP contribution in [0.15, 0.2) is 0 Å². The van der Waals surface area contributed by atoms with E-state index in [0.29, 0.717) is 12.5 Å². The van der Waals surface area contributed by atoms with Crippen molar-refractivity contribution in [3.8, 4) is 0 Å². The number of nitrogens with one attached hydrogen (secondary N) is 2. The molecule has 0 aromatic heterocycles. The molecule has 214 valence electrons. The first kappa shape index (κ1) is 34.3. The van der Waals surface area contributed by atoms with Crippen LogP contribution >= 0.6 is 0 Å². The van der Waals surface area contributed by atoms with E-state index in [0.717, 1.165) is 0 Å². The van der Waals surface area contributed by atoms with Crippen LogP contribution in [-0.4, -0.2) is 75.8 Å². The minimum atomic E-state index is -1.23. The standard InChI is InChI=1S/C26H46N2O9/c1-17(2)11-28-21(29)9-10-27-22(30)12-34-13-26(14-35-23(31)18(3)4,15-36-24(32)19(5)6)16-37-25(33)20(7)8/h17-20H,9-16H2,1-8H3,(H,27,30)(H,28,29). The van der Waals surface area contributed by atoms with Crippen molar-refractivity contribution in [2.75, 3.05) is 46.1 Å². The van der Waals surface area contributed by atoms with Gasteiger partial charge in [0.15, 0.2) is 0 Å². The Bertz CT molecular complexity index is 689. The maximum Gasteiger partial charge on any atom is 0.308 e. The third-order valence-corrected chi connectivity index (χ3v) is 5.00. The molecule has 11 heteroatoms. The van der Waals surface area contributed by atoms with Crippen LogP contribution in [0.5, 0.6) is 0 Å². The molecule has 0 aromatic rings. The second-order valence-corrected chi connectivity index (χ2v) is 10.6. The van der Waals surface area contributed by atoms with Gasteiger partial charge in [0, 0.05) is 19.5 Å². The molecule has 2 amide bonds. The first-order valence-electron chi connectivity index (χ1n) is 12.8. The van der Waals surface area contributed by atoms with E-state index in [9.17, 15) is 24.0 Å². The van der Waals surface area contributed by atoms with Gasteiger partial charge in [0.1, 0.15) is 26.4 Å². The molecule has 0 saturated heterocycles. The number of hydrogen-bond acceptors (Lipinski definition) is 9. The summed E-state index contributed by atoms with van der Waals surface area (Å²) in [6, 6.07) is 0. The molecule has 0 fully saturated rings. The van der Waals surface area contributed by atoms with Crippen LogP contribution < -0.4 is 10.6 Å². The van der Waals surface area contributed by atoms with Crippen LogP contribution in [0.3, 0.4) is 0 Å². The molecule has 0 atom stereocenters. The van der Waals surface area contributed by atoms with E-state index in [4.69, 9.17) is 18.9 Å². The van der Waals surface area contributed by atoms with Gasteiger partial charge in [0.2, 0.25) is 11.8 Å². The number of carbonyl (C=O) groups excluding carboxylic acids is 5.